The minimum Gasteiger partial charge on any atom is -0.375 e. The van der Waals surface area contributed by atoms with Gasteiger partial charge in [-0.1, -0.05) is 0 Å². The average molecular weight is 407 g/mol. The van der Waals surface area contributed by atoms with Gasteiger partial charge < -0.3 is 10.3 Å². The fraction of sp³-hybridized carbons (Fsp3) is 0.176. The molecule has 0 aliphatic carbocycles. The quantitative estimate of drug-likeness (QED) is 0.395. The van der Waals surface area contributed by atoms with Crippen molar-refractivity contribution >= 4 is 45.3 Å². The van der Waals surface area contributed by atoms with Gasteiger partial charge in [-0.25, -0.2) is 13.8 Å². The molecule has 0 spiro atoms. The Morgan fingerprint density at radius 2 is 2.19 bits per heavy atom. The van der Waals surface area contributed by atoms with E-state index in [-0.39, 0.29) is 28.1 Å². The standard InChI is InChI=1S/C17H15F2N5OS2/c1-8(22-23-17(20)26)5-24-6-12(14-7-27-9(2)21-14)16(25)11-3-10(18)4-13(19)15(11)24/h3-4,6-7H,5H2,1-2H3,(H3,20,23,26)/b22-8+. The molecule has 0 saturated carbocycles. The molecule has 0 aliphatic rings. The summed E-state index contributed by atoms with van der Waals surface area (Å²) in [6.45, 7) is 3.62. The zero-order chi connectivity index (χ0) is 19.7. The first kappa shape index (κ1) is 19.1. The summed E-state index contributed by atoms with van der Waals surface area (Å²) in [5.74, 6) is -1.66. The van der Waals surface area contributed by atoms with E-state index in [1.54, 1.807) is 12.3 Å². The maximum atomic E-state index is 14.5. The van der Waals surface area contributed by atoms with Crippen LogP contribution in [0.25, 0.3) is 22.2 Å². The van der Waals surface area contributed by atoms with Gasteiger partial charge >= 0.3 is 0 Å². The van der Waals surface area contributed by atoms with Crippen LogP contribution >= 0.6 is 23.6 Å². The highest BCUT2D eigenvalue weighted by atomic mass is 32.1. The number of hydrazone groups is 1. The summed E-state index contributed by atoms with van der Waals surface area (Å²) in [6, 6.07) is 1.77. The summed E-state index contributed by atoms with van der Waals surface area (Å²) < 4.78 is 29.7. The van der Waals surface area contributed by atoms with Crippen molar-refractivity contribution in [3.63, 3.8) is 0 Å². The number of nitrogens with one attached hydrogen (secondary N) is 1. The van der Waals surface area contributed by atoms with Crippen molar-refractivity contribution in [2.45, 2.75) is 20.4 Å². The van der Waals surface area contributed by atoms with Crippen LogP contribution in [0.3, 0.4) is 0 Å². The van der Waals surface area contributed by atoms with E-state index in [0.29, 0.717) is 11.4 Å². The van der Waals surface area contributed by atoms with Crippen molar-refractivity contribution in [3.8, 4) is 11.3 Å². The molecule has 2 aromatic heterocycles. The first-order valence-electron chi connectivity index (χ1n) is 7.79. The fourth-order valence-corrected chi connectivity index (χ4v) is 3.34. The van der Waals surface area contributed by atoms with E-state index in [0.717, 1.165) is 17.1 Å². The molecule has 0 saturated heterocycles. The molecule has 10 heteroatoms. The molecule has 27 heavy (non-hydrogen) atoms. The lowest BCUT2D eigenvalue weighted by Gasteiger charge is -2.14. The largest absolute Gasteiger partial charge is 0.375 e. The van der Waals surface area contributed by atoms with Gasteiger partial charge in [-0.15, -0.1) is 11.3 Å². The number of aryl methyl sites for hydroxylation is 1. The van der Waals surface area contributed by atoms with Gasteiger partial charge in [0.15, 0.2) is 16.4 Å². The van der Waals surface area contributed by atoms with E-state index in [1.807, 2.05) is 6.92 Å². The molecule has 0 aliphatic heterocycles. The molecule has 1 aromatic carbocycles. The lowest BCUT2D eigenvalue weighted by Crippen LogP contribution is -2.26. The van der Waals surface area contributed by atoms with Crippen LogP contribution in [-0.4, -0.2) is 20.4 Å². The van der Waals surface area contributed by atoms with E-state index in [4.69, 9.17) is 18.0 Å². The zero-order valence-corrected chi connectivity index (χ0v) is 16.0. The average Bonchev–Trinajstić information content (AvgIpc) is 3.01. The van der Waals surface area contributed by atoms with Crippen LogP contribution in [-0.2, 0) is 6.54 Å². The molecule has 0 bridgehead atoms. The lowest BCUT2D eigenvalue weighted by molar-refractivity contribution is 0.586. The number of pyridine rings is 1. The van der Waals surface area contributed by atoms with Crippen LogP contribution in [0.2, 0.25) is 0 Å². The van der Waals surface area contributed by atoms with Crippen molar-refractivity contribution in [2.24, 2.45) is 10.8 Å². The predicted molar refractivity (Wildman–Crippen MR) is 107 cm³/mol. The highest BCUT2D eigenvalue weighted by Gasteiger charge is 2.17. The van der Waals surface area contributed by atoms with Crippen molar-refractivity contribution in [3.05, 3.63) is 50.6 Å². The number of fused-ring (bicyclic) bond motifs is 1. The lowest BCUT2D eigenvalue weighted by atomic mass is 10.1. The molecule has 3 aromatic rings. The summed E-state index contributed by atoms with van der Waals surface area (Å²) >= 11 is 6.08. The van der Waals surface area contributed by atoms with Crippen molar-refractivity contribution < 1.29 is 8.78 Å². The highest BCUT2D eigenvalue weighted by molar-refractivity contribution is 7.80. The number of halogens is 2. The van der Waals surface area contributed by atoms with Crippen molar-refractivity contribution in [2.75, 3.05) is 0 Å². The van der Waals surface area contributed by atoms with Crippen LogP contribution in [0.4, 0.5) is 8.78 Å². The SMILES string of the molecule is C/C(Cn1cc(-c2csc(C)n2)c(=O)c2cc(F)cc(F)c21)=N\NC(N)=S. The Bertz CT molecular complexity index is 1140. The number of hydrogen-bond donors (Lipinski definition) is 2. The molecule has 0 radical (unpaired) electrons. The van der Waals surface area contributed by atoms with E-state index >= 15 is 0 Å². The summed E-state index contributed by atoms with van der Waals surface area (Å²) in [5.41, 5.74) is 8.54. The number of hydrogen-bond acceptors (Lipinski definition) is 5. The third-order valence-electron chi connectivity index (χ3n) is 3.74. The number of nitrogens with two attached hydrogens (primary N) is 1. The van der Waals surface area contributed by atoms with Gasteiger partial charge in [-0.2, -0.15) is 5.10 Å². The van der Waals surface area contributed by atoms with Crippen LogP contribution < -0.4 is 16.6 Å². The predicted octanol–water partition coefficient (Wildman–Crippen LogP) is 2.92. The topological polar surface area (TPSA) is 85.3 Å². The molecule has 2 heterocycles. The normalized spacial score (nSPS) is 11.8. The van der Waals surface area contributed by atoms with E-state index < -0.39 is 17.1 Å². The molecule has 3 rings (SSSR count). The van der Waals surface area contributed by atoms with Crippen LogP contribution in [0.15, 0.2) is 33.6 Å². The molecule has 3 N–H and O–H groups in total. The van der Waals surface area contributed by atoms with Crippen LogP contribution in [0.1, 0.15) is 11.9 Å². The van der Waals surface area contributed by atoms with Crippen LogP contribution in [0.5, 0.6) is 0 Å². The maximum Gasteiger partial charge on any atom is 0.199 e. The molecule has 0 unspecified atom stereocenters. The minimum atomic E-state index is -0.835. The second-order valence-corrected chi connectivity index (χ2v) is 7.36. The summed E-state index contributed by atoms with van der Waals surface area (Å²) in [4.78, 5) is 17.2. The van der Waals surface area contributed by atoms with Crippen molar-refractivity contribution in [1.29, 1.82) is 0 Å². The highest BCUT2D eigenvalue weighted by Crippen LogP contribution is 2.24. The Hall–Kier alpha value is -2.72. The van der Waals surface area contributed by atoms with Gasteiger partial charge in [0.1, 0.15) is 5.82 Å². The summed E-state index contributed by atoms with van der Waals surface area (Å²) in [5, 5.41) is 6.43. The third-order valence-corrected chi connectivity index (χ3v) is 4.61. The Labute approximate surface area is 162 Å². The molecule has 0 amide bonds. The zero-order valence-electron chi connectivity index (χ0n) is 14.4. The number of aromatic nitrogens is 2. The van der Waals surface area contributed by atoms with Crippen LogP contribution in [0, 0.1) is 18.6 Å². The summed E-state index contributed by atoms with van der Waals surface area (Å²) in [7, 11) is 0. The van der Waals surface area contributed by atoms with Gasteiger partial charge in [-0.3, -0.25) is 10.2 Å². The Kier molecular flexibility index (Phi) is 5.29. The Morgan fingerprint density at radius 1 is 1.44 bits per heavy atom. The molecular formula is C17H15F2N5OS2. The number of thiocarbonyl (C=S) groups is 1. The number of thiazole rings is 1. The number of rotatable bonds is 4. The Balaban J connectivity index is 2.24. The monoisotopic (exact) mass is 407 g/mol. The van der Waals surface area contributed by atoms with Gasteiger partial charge in [0.2, 0.25) is 0 Å². The molecular weight excluding hydrogens is 392 g/mol. The van der Waals surface area contributed by atoms with E-state index in [2.05, 4.69) is 15.5 Å². The smallest absolute Gasteiger partial charge is 0.199 e. The second-order valence-electron chi connectivity index (χ2n) is 5.86. The Morgan fingerprint density at radius 3 is 2.81 bits per heavy atom. The van der Waals surface area contributed by atoms with E-state index in [1.165, 1.54) is 22.1 Å². The van der Waals surface area contributed by atoms with Gasteiger partial charge in [0.25, 0.3) is 0 Å². The minimum absolute atomic E-state index is 0.00833. The fourth-order valence-electron chi connectivity index (χ4n) is 2.68. The first-order chi connectivity index (χ1) is 12.8. The first-order valence-corrected chi connectivity index (χ1v) is 9.08. The molecule has 6 nitrogen and oxygen atoms in total. The van der Waals surface area contributed by atoms with Gasteiger partial charge in [-0.05, 0) is 32.1 Å². The van der Waals surface area contributed by atoms with Gasteiger partial charge in [0.05, 0.1) is 39.4 Å². The number of nitrogens with zero attached hydrogens (tertiary/aromatic N) is 3. The summed E-state index contributed by atoms with van der Waals surface area (Å²) in [6.07, 6.45) is 1.50. The molecule has 0 fully saturated rings. The third kappa shape index (κ3) is 4.01. The maximum absolute atomic E-state index is 14.5. The van der Waals surface area contributed by atoms with E-state index in [9.17, 15) is 13.6 Å². The second kappa shape index (κ2) is 7.49. The van der Waals surface area contributed by atoms with Crippen molar-refractivity contribution in [1.82, 2.24) is 15.0 Å². The number of benzene rings is 1. The molecule has 0 atom stereocenters. The van der Waals surface area contributed by atoms with Gasteiger partial charge in [0, 0.05) is 17.6 Å². The molecule has 140 valence electrons.